The van der Waals surface area contributed by atoms with Gasteiger partial charge in [0, 0.05) is 19.6 Å². The van der Waals surface area contributed by atoms with E-state index in [4.69, 9.17) is 0 Å². The van der Waals surface area contributed by atoms with Gasteiger partial charge in [-0.2, -0.15) is 0 Å². The van der Waals surface area contributed by atoms with Crippen molar-refractivity contribution in [1.29, 1.82) is 0 Å². The topological polar surface area (TPSA) is 71.0 Å². The highest BCUT2D eigenvalue weighted by Crippen LogP contribution is 2.36. The van der Waals surface area contributed by atoms with E-state index in [1.807, 2.05) is 42.2 Å². The number of likely N-dealkylation sites (tertiary alicyclic amines) is 1. The number of aromatic nitrogens is 3. The number of carbonyl (C=O) groups excluding carboxylic acids is 1. The average molecular weight is 360 g/mol. The van der Waals surface area contributed by atoms with Crippen molar-refractivity contribution in [1.82, 2.24) is 19.7 Å². The molecule has 1 aliphatic heterocycles. The monoisotopic (exact) mass is 360 g/mol. The number of hydrogen-bond acceptors (Lipinski definition) is 4. The van der Waals surface area contributed by atoms with E-state index in [0.717, 1.165) is 37.9 Å². The minimum atomic E-state index is -0.384. The van der Waals surface area contributed by atoms with Crippen molar-refractivity contribution in [2.45, 2.75) is 49.6 Å². The van der Waals surface area contributed by atoms with Gasteiger partial charge in [0.25, 0.3) is 0 Å². The number of piperidine rings is 1. The molecular weight excluding hydrogens is 336 g/mol. The van der Waals surface area contributed by atoms with Crippen LogP contribution in [0.3, 0.4) is 0 Å². The summed E-state index contributed by atoms with van der Waals surface area (Å²) in [4.78, 5) is 27.1. The second-order valence-corrected chi connectivity index (χ2v) is 7.33. The van der Waals surface area contributed by atoms with E-state index in [9.17, 15) is 9.59 Å². The molecule has 1 fully saturated rings. The molecule has 1 saturated heterocycles. The molecule has 1 aromatic carbocycles. The van der Waals surface area contributed by atoms with E-state index >= 15 is 0 Å². The van der Waals surface area contributed by atoms with Gasteiger partial charge in [0.05, 0.1) is 0 Å². The first kappa shape index (κ1) is 17.8. The molecule has 2 aromatic rings. The molecule has 0 aliphatic carbocycles. The summed E-state index contributed by atoms with van der Waals surface area (Å²) in [7, 11) is 0. The third-order valence-electron chi connectivity index (χ3n) is 4.39. The van der Waals surface area contributed by atoms with Crippen LogP contribution in [0.2, 0.25) is 0 Å². The summed E-state index contributed by atoms with van der Waals surface area (Å²) < 4.78 is 1.62. The Morgan fingerprint density at radius 1 is 1.24 bits per heavy atom. The van der Waals surface area contributed by atoms with Gasteiger partial charge in [-0.25, -0.2) is 9.89 Å². The molecule has 1 amide bonds. The molecule has 6 nitrogen and oxygen atoms in total. The van der Waals surface area contributed by atoms with Gasteiger partial charge < -0.3 is 4.90 Å². The summed E-state index contributed by atoms with van der Waals surface area (Å²) in [5, 5.41) is 6.84. The van der Waals surface area contributed by atoms with Crippen LogP contribution in [0.15, 0.2) is 40.3 Å². The highest BCUT2D eigenvalue weighted by Gasteiger charge is 2.29. The van der Waals surface area contributed by atoms with Crippen LogP contribution in [0.1, 0.15) is 43.4 Å². The Hall–Kier alpha value is -2.02. The van der Waals surface area contributed by atoms with Crippen LogP contribution >= 0.6 is 11.8 Å². The van der Waals surface area contributed by atoms with Crippen LogP contribution in [0, 0.1) is 0 Å². The average Bonchev–Trinajstić information content (AvgIpc) is 3.01. The maximum Gasteiger partial charge on any atom is 0.343 e. The minimum absolute atomic E-state index is 0.106. The number of aromatic amines is 1. The fraction of sp³-hybridized carbons (Fsp3) is 0.500. The standard InChI is InChI=1S/C18H24N4O2S/c1-2-11-22-17(24)19-20-18(22)25-15(14-9-5-3-6-10-14)16(23)21-12-7-4-8-13-21/h3,5-6,9-10,15H,2,4,7-8,11-13H2,1H3,(H,19,24)/t15-/m1/s1. The fourth-order valence-electron chi connectivity index (χ4n) is 3.09. The van der Waals surface area contributed by atoms with Gasteiger partial charge in [-0.3, -0.25) is 9.36 Å². The molecule has 1 aromatic heterocycles. The summed E-state index contributed by atoms with van der Waals surface area (Å²) in [6, 6.07) is 9.76. The molecule has 0 spiro atoms. The molecule has 1 atom stereocenters. The van der Waals surface area contributed by atoms with Gasteiger partial charge in [-0.05, 0) is 31.2 Å². The first-order valence-corrected chi connectivity index (χ1v) is 9.74. The molecule has 134 valence electrons. The Morgan fingerprint density at radius 2 is 1.96 bits per heavy atom. The summed E-state index contributed by atoms with van der Waals surface area (Å²) in [5.41, 5.74) is 0.725. The van der Waals surface area contributed by atoms with E-state index < -0.39 is 0 Å². The number of carbonyl (C=O) groups is 1. The summed E-state index contributed by atoms with van der Waals surface area (Å²) in [5.74, 6) is 0.106. The maximum absolute atomic E-state index is 13.2. The van der Waals surface area contributed by atoms with Gasteiger partial charge in [0.2, 0.25) is 5.91 Å². The molecule has 3 rings (SSSR count). The lowest BCUT2D eigenvalue weighted by Gasteiger charge is -2.30. The number of H-pyrrole nitrogens is 1. The summed E-state index contributed by atoms with van der Waals surface area (Å²) in [6.45, 7) is 4.23. The highest BCUT2D eigenvalue weighted by atomic mass is 32.2. The van der Waals surface area contributed by atoms with Crippen molar-refractivity contribution in [2.24, 2.45) is 0 Å². The number of thioether (sulfide) groups is 1. The van der Waals surface area contributed by atoms with E-state index in [-0.39, 0.29) is 16.8 Å². The molecule has 0 bridgehead atoms. The van der Waals surface area contributed by atoms with Crippen molar-refractivity contribution in [3.05, 3.63) is 46.4 Å². The van der Waals surface area contributed by atoms with Crippen LogP contribution in [0.4, 0.5) is 0 Å². The number of amides is 1. The van der Waals surface area contributed by atoms with E-state index in [1.165, 1.54) is 18.2 Å². The lowest BCUT2D eigenvalue weighted by molar-refractivity contribution is -0.131. The zero-order valence-corrected chi connectivity index (χ0v) is 15.3. The van der Waals surface area contributed by atoms with Gasteiger partial charge in [-0.15, -0.1) is 5.10 Å². The second kappa shape index (κ2) is 8.38. The molecule has 25 heavy (non-hydrogen) atoms. The van der Waals surface area contributed by atoms with Gasteiger partial charge in [-0.1, -0.05) is 49.0 Å². The lowest BCUT2D eigenvalue weighted by atomic mass is 10.1. The SMILES string of the molecule is CCCn1c(S[C@@H](C(=O)N2CCCCC2)c2ccccc2)n[nH]c1=O. The number of benzene rings is 1. The molecule has 1 N–H and O–H groups in total. The Kier molecular flexibility index (Phi) is 5.96. The highest BCUT2D eigenvalue weighted by molar-refractivity contribution is 8.00. The van der Waals surface area contributed by atoms with E-state index in [1.54, 1.807) is 4.57 Å². The molecule has 0 saturated carbocycles. The molecule has 0 radical (unpaired) electrons. The second-order valence-electron chi connectivity index (χ2n) is 6.26. The smallest absolute Gasteiger partial charge is 0.341 e. The molecule has 1 aliphatic rings. The Balaban J connectivity index is 1.89. The Bertz CT molecular complexity index is 750. The van der Waals surface area contributed by atoms with Crippen LogP contribution in [0.5, 0.6) is 0 Å². The van der Waals surface area contributed by atoms with E-state index in [2.05, 4.69) is 10.2 Å². The van der Waals surface area contributed by atoms with Gasteiger partial charge in [0.1, 0.15) is 5.25 Å². The van der Waals surface area contributed by atoms with Crippen LogP contribution in [-0.2, 0) is 11.3 Å². The fourth-order valence-corrected chi connectivity index (χ4v) is 4.24. The number of hydrogen-bond donors (Lipinski definition) is 1. The number of nitrogens with one attached hydrogen (secondary N) is 1. The van der Waals surface area contributed by atoms with Crippen LogP contribution in [-0.4, -0.2) is 38.7 Å². The molecule has 7 heteroatoms. The predicted molar refractivity (Wildman–Crippen MR) is 98.6 cm³/mol. The first-order valence-electron chi connectivity index (χ1n) is 8.86. The molecule has 0 unspecified atom stereocenters. The van der Waals surface area contributed by atoms with Crippen LogP contribution < -0.4 is 5.69 Å². The lowest BCUT2D eigenvalue weighted by Crippen LogP contribution is -2.38. The minimum Gasteiger partial charge on any atom is -0.341 e. The van der Waals surface area contributed by atoms with Crippen molar-refractivity contribution in [2.75, 3.05) is 13.1 Å². The Labute approximate surface area is 151 Å². The quantitative estimate of drug-likeness (QED) is 0.804. The zero-order valence-electron chi connectivity index (χ0n) is 14.5. The normalized spacial score (nSPS) is 16.0. The maximum atomic E-state index is 13.2. The third kappa shape index (κ3) is 4.15. The van der Waals surface area contributed by atoms with E-state index in [0.29, 0.717) is 11.7 Å². The number of nitrogens with zero attached hydrogens (tertiary/aromatic N) is 3. The van der Waals surface area contributed by atoms with Crippen molar-refractivity contribution in [3.8, 4) is 0 Å². The summed E-state index contributed by atoms with van der Waals surface area (Å²) >= 11 is 1.36. The molecular formula is C18H24N4O2S. The summed E-state index contributed by atoms with van der Waals surface area (Å²) in [6.07, 6.45) is 4.13. The Morgan fingerprint density at radius 3 is 2.64 bits per heavy atom. The predicted octanol–water partition coefficient (Wildman–Crippen LogP) is 2.83. The van der Waals surface area contributed by atoms with Gasteiger partial charge in [0.15, 0.2) is 5.16 Å². The van der Waals surface area contributed by atoms with Crippen LogP contribution in [0.25, 0.3) is 0 Å². The number of rotatable bonds is 6. The van der Waals surface area contributed by atoms with Crippen molar-refractivity contribution < 1.29 is 4.79 Å². The van der Waals surface area contributed by atoms with Crippen molar-refractivity contribution >= 4 is 17.7 Å². The zero-order chi connectivity index (χ0) is 17.6. The first-order chi connectivity index (χ1) is 12.2. The van der Waals surface area contributed by atoms with Gasteiger partial charge >= 0.3 is 5.69 Å². The van der Waals surface area contributed by atoms with Crippen molar-refractivity contribution in [3.63, 3.8) is 0 Å². The third-order valence-corrected chi connectivity index (χ3v) is 5.62. The largest absolute Gasteiger partial charge is 0.343 e. The molecule has 2 heterocycles.